The number of aromatic nitrogens is 1. The van der Waals surface area contributed by atoms with E-state index in [4.69, 9.17) is 4.74 Å². The monoisotopic (exact) mass is 332 g/mol. The lowest BCUT2D eigenvalue weighted by molar-refractivity contribution is 0.414. The van der Waals surface area contributed by atoms with Gasteiger partial charge in [-0.15, -0.1) is 11.3 Å². The van der Waals surface area contributed by atoms with E-state index in [1.807, 2.05) is 25.1 Å². The van der Waals surface area contributed by atoms with E-state index in [2.05, 4.69) is 33.6 Å². The number of nitrogens with one attached hydrogen (secondary N) is 2. The highest BCUT2D eigenvalue weighted by atomic mass is 32.1. The molecule has 1 heterocycles. The number of guanidine groups is 1. The van der Waals surface area contributed by atoms with Crippen LogP contribution in [-0.4, -0.2) is 31.6 Å². The number of methoxy groups -OCH3 is 1. The lowest BCUT2D eigenvalue weighted by Crippen LogP contribution is -2.37. The third-order valence-corrected chi connectivity index (χ3v) is 4.59. The van der Waals surface area contributed by atoms with Crippen molar-refractivity contribution in [2.24, 2.45) is 4.99 Å². The molecule has 0 radical (unpaired) electrons. The summed E-state index contributed by atoms with van der Waals surface area (Å²) in [5, 5.41) is 7.78. The van der Waals surface area contributed by atoms with E-state index in [-0.39, 0.29) is 0 Å². The molecule has 0 saturated heterocycles. The molecular formula is C17H24N4OS. The third-order valence-electron chi connectivity index (χ3n) is 3.46. The minimum absolute atomic E-state index is 0.704. The van der Waals surface area contributed by atoms with Gasteiger partial charge in [0.15, 0.2) is 5.96 Å². The van der Waals surface area contributed by atoms with E-state index in [0.717, 1.165) is 40.9 Å². The number of thiazole rings is 1. The molecule has 23 heavy (non-hydrogen) atoms. The zero-order valence-corrected chi connectivity index (χ0v) is 15.0. The van der Waals surface area contributed by atoms with Gasteiger partial charge in [0.2, 0.25) is 0 Å². The number of nitrogens with zero attached hydrogens (tertiary/aromatic N) is 2. The average Bonchev–Trinajstić information content (AvgIpc) is 2.88. The van der Waals surface area contributed by atoms with Gasteiger partial charge >= 0.3 is 0 Å². The highest BCUT2D eigenvalue weighted by Crippen LogP contribution is 2.17. The Morgan fingerprint density at radius 1 is 1.30 bits per heavy atom. The Balaban J connectivity index is 1.80. The smallest absolute Gasteiger partial charge is 0.191 e. The highest BCUT2D eigenvalue weighted by Gasteiger charge is 2.05. The Morgan fingerprint density at radius 3 is 2.78 bits per heavy atom. The van der Waals surface area contributed by atoms with Crippen LogP contribution < -0.4 is 15.4 Å². The minimum Gasteiger partial charge on any atom is -0.497 e. The van der Waals surface area contributed by atoms with Crippen molar-refractivity contribution in [2.45, 2.75) is 26.8 Å². The van der Waals surface area contributed by atoms with Gasteiger partial charge in [-0.3, -0.25) is 4.99 Å². The predicted octanol–water partition coefficient (Wildman–Crippen LogP) is 2.68. The number of hydrogen-bond acceptors (Lipinski definition) is 4. The first-order valence-electron chi connectivity index (χ1n) is 7.62. The molecule has 6 heteroatoms. The van der Waals surface area contributed by atoms with Crippen LogP contribution in [0.3, 0.4) is 0 Å². The van der Waals surface area contributed by atoms with Gasteiger partial charge < -0.3 is 15.4 Å². The highest BCUT2D eigenvalue weighted by molar-refractivity contribution is 7.11. The van der Waals surface area contributed by atoms with Crippen LogP contribution in [0, 0.1) is 13.8 Å². The van der Waals surface area contributed by atoms with Gasteiger partial charge in [0.1, 0.15) is 5.75 Å². The first-order chi connectivity index (χ1) is 11.1. The van der Waals surface area contributed by atoms with E-state index in [9.17, 15) is 0 Å². The molecule has 2 rings (SSSR count). The molecule has 0 unspecified atom stereocenters. The number of aliphatic imine (C=N–C) groups is 1. The summed E-state index contributed by atoms with van der Waals surface area (Å²) in [7, 11) is 3.46. The van der Waals surface area contributed by atoms with Gasteiger partial charge in [-0.1, -0.05) is 12.1 Å². The zero-order valence-electron chi connectivity index (χ0n) is 14.1. The first-order valence-corrected chi connectivity index (χ1v) is 8.44. The van der Waals surface area contributed by atoms with Gasteiger partial charge in [0.25, 0.3) is 0 Å². The van der Waals surface area contributed by atoms with Crippen LogP contribution in [0.25, 0.3) is 0 Å². The number of ether oxygens (including phenoxy) is 1. The molecule has 0 aliphatic carbocycles. The molecule has 2 N–H and O–H groups in total. The van der Waals surface area contributed by atoms with Crippen molar-refractivity contribution in [1.82, 2.24) is 15.6 Å². The summed E-state index contributed by atoms with van der Waals surface area (Å²) in [6.07, 6.45) is 0.956. The van der Waals surface area contributed by atoms with Crippen molar-refractivity contribution in [1.29, 1.82) is 0 Å². The molecule has 0 spiro atoms. The number of rotatable bonds is 6. The SMILES string of the molecule is CN=C(NCCc1sc(C)nc1C)NCc1cccc(OC)c1. The second kappa shape index (κ2) is 8.53. The van der Waals surface area contributed by atoms with Gasteiger partial charge in [0.05, 0.1) is 17.8 Å². The molecule has 1 aromatic heterocycles. The largest absolute Gasteiger partial charge is 0.497 e. The van der Waals surface area contributed by atoms with Gasteiger partial charge in [0, 0.05) is 31.4 Å². The molecule has 0 amide bonds. The lowest BCUT2D eigenvalue weighted by Gasteiger charge is -2.12. The maximum Gasteiger partial charge on any atom is 0.191 e. The molecule has 1 aromatic carbocycles. The van der Waals surface area contributed by atoms with Crippen molar-refractivity contribution in [3.8, 4) is 5.75 Å². The van der Waals surface area contributed by atoms with Crippen LogP contribution in [0.2, 0.25) is 0 Å². The van der Waals surface area contributed by atoms with Crippen molar-refractivity contribution >= 4 is 17.3 Å². The van der Waals surface area contributed by atoms with Crippen LogP contribution in [0.15, 0.2) is 29.3 Å². The third kappa shape index (κ3) is 5.25. The molecule has 0 fully saturated rings. The zero-order chi connectivity index (χ0) is 16.7. The van der Waals surface area contributed by atoms with Crippen LogP contribution in [-0.2, 0) is 13.0 Å². The maximum absolute atomic E-state index is 5.24. The Bertz CT molecular complexity index is 666. The minimum atomic E-state index is 0.704. The molecule has 5 nitrogen and oxygen atoms in total. The molecular weight excluding hydrogens is 308 g/mol. The van der Waals surface area contributed by atoms with Crippen molar-refractivity contribution in [2.75, 3.05) is 20.7 Å². The maximum atomic E-state index is 5.24. The first kappa shape index (κ1) is 17.3. The second-order valence-corrected chi connectivity index (χ2v) is 6.48. The van der Waals surface area contributed by atoms with Crippen LogP contribution >= 0.6 is 11.3 Å². The van der Waals surface area contributed by atoms with Crippen LogP contribution in [0.5, 0.6) is 5.75 Å². The Morgan fingerprint density at radius 2 is 2.13 bits per heavy atom. The van der Waals surface area contributed by atoms with Crippen molar-refractivity contribution < 1.29 is 4.74 Å². The van der Waals surface area contributed by atoms with Crippen LogP contribution in [0.4, 0.5) is 0 Å². The van der Waals surface area contributed by atoms with Crippen molar-refractivity contribution in [3.05, 3.63) is 45.4 Å². The van der Waals surface area contributed by atoms with E-state index >= 15 is 0 Å². The summed E-state index contributed by atoms with van der Waals surface area (Å²) < 4.78 is 5.24. The Hall–Kier alpha value is -2.08. The van der Waals surface area contributed by atoms with E-state index < -0.39 is 0 Å². The summed E-state index contributed by atoms with van der Waals surface area (Å²) in [5.74, 6) is 1.66. The Kier molecular flexibility index (Phi) is 6.40. The number of benzene rings is 1. The quantitative estimate of drug-likeness (QED) is 0.631. The Labute approximate surface area is 141 Å². The number of hydrogen-bond donors (Lipinski definition) is 2. The predicted molar refractivity (Wildman–Crippen MR) is 96.5 cm³/mol. The van der Waals surface area contributed by atoms with Gasteiger partial charge in [-0.25, -0.2) is 4.98 Å². The lowest BCUT2D eigenvalue weighted by atomic mass is 10.2. The topological polar surface area (TPSA) is 58.5 Å². The van der Waals surface area contributed by atoms with E-state index in [1.54, 1.807) is 25.5 Å². The summed E-state index contributed by atoms with van der Waals surface area (Å²) in [4.78, 5) is 10.0. The van der Waals surface area contributed by atoms with Crippen molar-refractivity contribution in [3.63, 3.8) is 0 Å². The van der Waals surface area contributed by atoms with E-state index in [1.165, 1.54) is 4.88 Å². The average molecular weight is 332 g/mol. The standard InChI is InChI=1S/C17H24N4OS/c1-12-16(23-13(2)21-12)8-9-19-17(18-3)20-11-14-6-5-7-15(10-14)22-4/h5-7,10H,8-9,11H2,1-4H3,(H2,18,19,20). The fraction of sp³-hybridized carbons (Fsp3) is 0.412. The molecule has 0 atom stereocenters. The van der Waals surface area contributed by atoms with Gasteiger partial charge in [-0.2, -0.15) is 0 Å². The van der Waals surface area contributed by atoms with E-state index in [0.29, 0.717) is 6.54 Å². The van der Waals surface area contributed by atoms with Gasteiger partial charge in [-0.05, 0) is 31.5 Å². The summed E-state index contributed by atoms with van der Waals surface area (Å²) in [6, 6.07) is 8.01. The number of aryl methyl sites for hydroxylation is 2. The molecule has 124 valence electrons. The summed E-state index contributed by atoms with van der Waals surface area (Å²) in [6.45, 7) is 5.65. The van der Waals surface area contributed by atoms with Crippen LogP contribution in [0.1, 0.15) is 21.1 Å². The fourth-order valence-electron chi connectivity index (χ4n) is 2.29. The molecule has 0 bridgehead atoms. The molecule has 0 aliphatic heterocycles. The fourth-order valence-corrected chi connectivity index (χ4v) is 3.23. The summed E-state index contributed by atoms with van der Waals surface area (Å²) in [5.41, 5.74) is 2.29. The normalized spacial score (nSPS) is 11.4. The second-order valence-electron chi connectivity index (χ2n) is 5.20. The molecule has 2 aromatic rings. The summed E-state index contributed by atoms with van der Waals surface area (Å²) >= 11 is 1.76. The molecule has 0 aliphatic rings. The molecule has 0 saturated carbocycles.